The van der Waals surface area contributed by atoms with Crippen LogP contribution in [0.25, 0.3) is 10.1 Å². The zero-order chi connectivity index (χ0) is 26.2. The number of benzene rings is 1. The highest BCUT2D eigenvalue weighted by atomic mass is 32.3. The minimum Gasteiger partial charge on any atom is -0.368 e. The summed E-state index contributed by atoms with van der Waals surface area (Å²) in [6.45, 7) is 5.69. The van der Waals surface area contributed by atoms with Crippen LogP contribution in [0.5, 0.6) is 0 Å². The van der Waals surface area contributed by atoms with Crippen molar-refractivity contribution in [1.82, 2.24) is 9.80 Å². The predicted octanol–water partition coefficient (Wildman–Crippen LogP) is 4.60. The van der Waals surface area contributed by atoms with E-state index in [0.717, 1.165) is 77.0 Å². The van der Waals surface area contributed by atoms with E-state index in [4.69, 9.17) is 8.37 Å². The molecule has 2 aromatic rings. The van der Waals surface area contributed by atoms with Crippen molar-refractivity contribution in [2.75, 3.05) is 50.0 Å². The van der Waals surface area contributed by atoms with Crippen LogP contribution in [0.1, 0.15) is 44.9 Å². The zero-order valence-corrected chi connectivity index (χ0v) is 23.3. The number of unbranched alkanes of at least 4 members (excludes halogenated alkanes) is 1. The van der Waals surface area contributed by atoms with Gasteiger partial charge in [0.1, 0.15) is 5.88 Å². The molecule has 0 radical (unpaired) electrons. The number of rotatable bonds is 6. The lowest BCUT2D eigenvalue weighted by Gasteiger charge is -2.48. The molecule has 0 N–H and O–H groups in total. The number of anilines is 1. The molecule has 1 aromatic heterocycles. The predicted molar refractivity (Wildman–Crippen MR) is 151 cm³/mol. The molecule has 3 fully saturated rings. The van der Waals surface area contributed by atoms with Crippen molar-refractivity contribution in [1.29, 1.82) is 0 Å². The number of carbonyl (C=O) groups is 3. The van der Waals surface area contributed by atoms with Crippen LogP contribution >= 0.6 is 21.9 Å². The Kier molecular flexibility index (Phi) is 7.13. The fraction of sp³-hybridized carbons (Fsp3) is 0.536. The average molecular weight is 558 g/mol. The van der Waals surface area contributed by atoms with Gasteiger partial charge in [0.15, 0.2) is 4.75 Å². The van der Waals surface area contributed by atoms with Crippen LogP contribution < -0.4 is 4.90 Å². The first kappa shape index (κ1) is 25.7. The molecule has 4 heterocycles. The molecule has 6 rings (SSSR count). The van der Waals surface area contributed by atoms with E-state index in [9.17, 15) is 14.4 Å². The second-order valence-electron chi connectivity index (χ2n) is 10.7. The average Bonchev–Trinajstić information content (AvgIpc) is 3.39. The molecule has 1 aromatic carbocycles. The SMILES string of the molecule is O=C1C=CC(=O)OS2(CN(CCCCN3CCN(c4csc5ccccc45)CC3)C(=O)C23CCCCC3)O1. The summed E-state index contributed by atoms with van der Waals surface area (Å²) < 4.78 is 12.1. The number of piperazine rings is 1. The van der Waals surface area contributed by atoms with Crippen molar-refractivity contribution in [2.45, 2.75) is 49.7 Å². The van der Waals surface area contributed by atoms with E-state index in [1.54, 1.807) is 0 Å². The number of thiophene rings is 1. The maximum absolute atomic E-state index is 13.7. The molecular weight excluding hydrogens is 522 g/mol. The van der Waals surface area contributed by atoms with Crippen molar-refractivity contribution in [3.63, 3.8) is 0 Å². The van der Waals surface area contributed by atoms with Gasteiger partial charge in [-0.1, -0.05) is 48.1 Å². The maximum atomic E-state index is 13.7. The van der Waals surface area contributed by atoms with Gasteiger partial charge in [0.05, 0.1) is 5.69 Å². The molecule has 0 bridgehead atoms. The van der Waals surface area contributed by atoms with E-state index < -0.39 is 27.3 Å². The lowest BCUT2D eigenvalue weighted by molar-refractivity contribution is -0.132. The Morgan fingerprint density at radius 3 is 2.29 bits per heavy atom. The molecule has 1 amide bonds. The van der Waals surface area contributed by atoms with Crippen molar-refractivity contribution >= 4 is 55.5 Å². The Balaban J connectivity index is 1.03. The van der Waals surface area contributed by atoms with E-state index in [-0.39, 0.29) is 11.8 Å². The second kappa shape index (κ2) is 10.5. The van der Waals surface area contributed by atoms with Crippen molar-refractivity contribution in [2.24, 2.45) is 0 Å². The van der Waals surface area contributed by atoms with Crippen LogP contribution in [0.15, 0.2) is 41.8 Å². The Morgan fingerprint density at radius 1 is 0.868 bits per heavy atom. The normalized spacial score (nSPS) is 24.2. The molecule has 1 aliphatic carbocycles. The molecule has 3 aliphatic heterocycles. The smallest absolute Gasteiger partial charge is 0.353 e. The van der Waals surface area contributed by atoms with Gasteiger partial charge in [-0.3, -0.25) is 9.69 Å². The number of hydrogen-bond acceptors (Lipinski definition) is 8. The number of fused-ring (bicyclic) bond motifs is 2. The number of carbonyl (C=O) groups excluding carboxylic acids is 3. The molecule has 38 heavy (non-hydrogen) atoms. The minimum atomic E-state index is -2.66. The van der Waals surface area contributed by atoms with Gasteiger partial charge in [-0.2, -0.15) is 0 Å². The van der Waals surface area contributed by atoms with Crippen LogP contribution in [-0.4, -0.2) is 77.5 Å². The third-order valence-corrected chi connectivity index (χ3v) is 12.6. The summed E-state index contributed by atoms with van der Waals surface area (Å²) in [5.41, 5.74) is 1.35. The fourth-order valence-electron chi connectivity index (χ4n) is 6.37. The Labute approximate surface area is 229 Å². The molecule has 0 atom stereocenters. The van der Waals surface area contributed by atoms with Crippen LogP contribution in [-0.2, 0) is 22.7 Å². The summed E-state index contributed by atoms with van der Waals surface area (Å²) in [7, 11) is -2.66. The summed E-state index contributed by atoms with van der Waals surface area (Å²) >= 11 is 1.81. The van der Waals surface area contributed by atoms with Gasteiger partial charge in [0.25, 0.3) is 5.91 Å². The molecule has 4 aliphatic rings. The first-order chi connectivity index (χ1) is 18.5. The van der Waals surface area contributed by atoms with Crippen molar-refractivity contribution in [3.8, 4) is 0 Å². The Bertz CT molecular complexity index is 1230. The van der Waals surface area contributed by atoms with Gasteiger partial charge in [0, 0.05) is 60.3 Å². The van der Waals surface area contributed by atoms with Gasteiger partial charge in [0.2, 0.25) is 0 Å². The molecule has 8 nitrogen and oxygen atoms in total. The molecule has 2 spiro atoms. The van der Waals surface area contributed by atoms with Crippen LogP contribution in [0, 0.1) is 0 Å². The van der Waals surface area contributed by atoms with Gasteiger partial charge in [-0.15, -0.1) is 11.3 Å². The molecule has 2 saturated heterocycles. The Hall–Kier alpha value is -2.56. The highest BCUT2D eigenvalue weighted by Gasteiger charge is 2.63. The molecule has 0 unspecified atom stereocenters. The third-order valence-electron chi connectivity index (χ3n) is 8.37. The maximum Gasteiger partial charge on any atom is 0.353 e. The van der Waals surface area contributed by atoms with E-state index >= 15 is 0 Å². The van der Waals surface area contributed by atoms with Gasteiger partial charge >= 0.3 is 11.9 Å². The number of amides is 1. The molecule has 204 valence electrons. The minimum absolute atomic E-state index is 0.00584. The van der Waals surface area contributed by atoms with Crippen LogP contribution in [0.2, 0.25) is 0 Å². The van der Waals surface area contributed by atoms with Gasteiger partial charge in [-0.05, 0) is 38.3 Å². The number of hydrogen-bond donors (Lipinski definition) is 0. The van der Waals surface area contributed by atoms with Crippen LogP contribution in [0.4, 0.5) is 5.69 Å². The van der Waals surface area contributed by atoms with Gasteiger partial charge in [-0.25, -0.2) is 9.59 Å². The van der Waals surface area contributed by atoms with Crippen molar-refractivity contribution in [3.05, 3.63) is 41.8 Å². The van der Waals surface area contributed by atoms with Crippen LogP contribution in [0.3, 0.4) is 0 Å². The summed E-state index contributed by atoms with van der Waals surface area (Å²) in [5, 5.41) is 3.62. The monoisotopic (exact) mass is 557 g/mol. The first-order valence-electron chi connectivity index (χ1n) is 13.7. The lowest BCUT2D eigenvalue weighted by atomic mass is 9.87. The van der Waals surface area contributed by atoms with E-state index in [1.807, 2.05) is 16.2 Å². The Morgan fingerprint density at radius 2 is 1.55 bits per heavy atom. The third kappa shape index (κ3) is 4.60. The highest BCUT2D eigenvalue weighted by molar-refractivity contribution is 8.28. The standard InChI is InChI=1S/C28H35N3O5S2/c32-25-10-11-26(33)36-38(35-25)21-31(27(34)28(38)12-4-1-5-13-28)15-7-6-14-29-16-18-30(19-17-29)23-20-37-24-9-3-2-8-22(23)24/h2-3,8-11,20H,1,4-7,12-19,21H2. The quantitative estimate of drug-likeness (QED) is 0.481. The van der Waals surface area contributed by atoms with Gasteiger partial charge < -0.3 is 18.2 Å². The zero-order valence-electron chi connectivity index (χ0n) is 21.6. The fourth-order valence-corrected chi connectivity index (χ4v) is 10.6. The van der Waals surface area contributed by atoms with E-state index in [1.165, 1.54) is 15.8 Å². The van der Waals surface area contributed by atoms with Crippen molar-refractivity contribution < 1.29 is 22.7 Å². The summed E-state index contributed by atoms with van der Waals surface area (Å²) in [5.74, 6) is -0.954. The largest absolute Gasteiger partial charge is 0.368 e. The molecule has 10 heteroatoms. The molecular formula is C28H35N3O5S2. The topological polar surface area (TPSA) is 79.4 Å². The van der Waals surface area contributed by atoms with E-state index in [0.29, 0.717) is 19.4 Å². The number of nitrogens with zero attached hydrogens (tertiary/aromatic N) is 3. The summed E-state index contributed by atoms with van der Waals surface area (Å²) in [4.78, 5) is 45.3. The first-order valence-corrected chi connectivity index (χ1v) is 16.2. The summed E-state index contributed by atoms with van der Waals surface area (Å²) in [6, 6.07) is 8.61. The second-order valence-corrected chi connectivity index (χ2v) is 14.2. The lowest BCUT2D eigenvalue weighted by Crippen LogP contribution is -2.46. The molecule has 1 saturated carbocycles. The van der Waals surface area contributed by atoms with E-state index in [2.05, 4.69) is 39.4 Å². The summed E-state index contributed by atoms with van der Waals surface area (Å²) in [6.07, 6.45) is 8.12. The highest BCUT2D eigenvalue weighted by Crippen LogP contribution is 2.70.